The molecule has 1 N–H and O–H groups in total. The first kappa shape index (κ1) is 28.0. The quantitative estimate of drug-likeness (QED) is 0.315. The second-order valence-electron chi connectivity index (χ2n) is 9.69. The topological polar surface area (TPSA) is 83.2 Å². The number of hydrogen-bond donors (Lipinski definition) is 1. The molecule has 1 saturated heterocycles. The van der Waals surface area contributed by atoms with E-state index in [0.717, 1.165) is 22.0 Å². The molecule has 0 spiro atoms. The summed E-state index contributed by atoms with van der Waals surface area (Å²) in [4.78, 5) is 15.9. The predicted molar refractivity (Wildman–Crippen MR) is 141 cm³/mol. The zero-order valence-corrected chi connectivity index (χ0v) is 22.5. The van der Waals surface area contributed by atoms with Crippen LogP contribution >= 0.6 is 11.3 Å². The van der Waals surface area contributed by atoms with Crippen molar-refractivity contribution in [3.05, 3.63) is 75.0 Å². The van der Waals surface area contributed by atoms with Gasteiger partial charge < -0.3 is 15.0 Å². The van der Waals surface area contributed by atoms with E-state index in [1.165, 1.54) is 29.7 Å². The Morgan fingerprint density at radius 3 is 2.88 bits per heavy atom. The number of alkyl halides is 3. The summed E-state index contributed by atoms with van der Waals surface area (Å²) in [5.41, 5.74) is -0.723. The van der Waals surface area contributed by atoms with Crippen LogP contribution in [0.4, 0.5) is 17.6 Å². The summed E-state index contributed by atoms with van der Waals surface area (Å²) in [6.45, 7) is 3.99. The van der Waals surface area contributed by atoms with Crippen LogP contribution < -0.4 is 5.32 Å². The van der Waals surface area contributed by atoms with Crippen molar-refractivity contribution in [1.82, 2.24) is 20.0 Å². The highest BCUT2D eigenvalue weighted by Crippen LogP contribution is 2.45. The molecule has 4 heterocycles. The van der Waals surface area contributed by atoms with Gasteiger partial charge in [0, 0.05) is 66.5 Å². The number of benzene rings is 1. The van der Waals surface area contributed by atoms with Crippen LogP contribution in [0.3, 0.4) is 0 Å². The Morgan fingerprint density at radius 2 is 2.17 bits per heavy atom. The summed E-state index contributed by atoms with van der Waals surface area (Å²) in [5, 5.41) is 16.5. The van der Waals surface area contributed by atoms with Crippen LogP contribution in [0, 0.1) is 17.1 Å². The number of aryl methyl sites for hydroxylation is 1. The molecular formula is C28H27F4N5O2S. The Bertz CT molecular complexity index is 1470. The maximum Gasteiger partial charge on any atom is 0.435 e. The number of fused-ring (bicyclic) bond motifs is 1. The maximum absolute atomic E-state index is 15.4. The lowest BCUT2D eigenvalue weighted by molar-refractivity contribution is -0.141. The Balaban J connectivity index is 1.51. The van der Waals surface area contributed by atoms with E-state index >= 15 is 4.39 Å². The van der Waals surface area contributed by atoms with Gasteiger partial charge in [-0.3, -0.25) is 9.48 Å². The first-order valence-corrected chi connectivity index (χ1v) is 13.7. The van der Waals surface area contributed by atoms with Gasteiger partial charge in [-0.2, -0.15) is 23.5 Å². The minimum Gasteiger partial charge on any atom is -0.380 e. The Morgan fingerprint density at radius 1 is 1.35 bits per heavy atom. The minimum atomic E-state index is -4.80. The molecule has 1 aromatic carbocycles. The number of hydrogen-bond acceptors (Lipinski definition) is 6. The summed E-state index contributed by atoms with van der Waals surface area (Å²) in [6, 6.07) is 8.18. The van der Waals surface area contributed by atoms with Gasteiger partial charge in [0.1, 0.15) is 16.8 Å². The van der Waals surface area contributed by atoms with Crippen LogP contribution in [0.2, 0.25) is 0 Å². The molecule has 210 valence electrons. The molecule has 5 rings (SSSR count). The highest BCUT2D eigenvalue weighted by atomic mass is 32.1. The first-order chi connectivity index (χ1) is 19.2. The summed E-state index contributed by atoms with van der Waals surface area (Å²) in [5.74, 6) is -1.74. The van der Waals surface area contributed by atoms with E-state index in [1.807, 2.05) is 0 Å². The largest absolute Gasteiger partial charge is 0.435 e. The van der Waals surface area contributed by atoms with E-state index in [-0.39, 0.29) is 42.7 Å². The number of nitrogens with one attached hydrogen (secondary N) is 1. The zero-order valence-electron chi connectivity index (χ0n) is 21.7. The van der Waals surface area contributed by atoms with Crippen molar-refractivity contribution in [2.75, 3.05) is 26.3 Å². The normalized spacial score (nSPS) is 19.2. The Hall–Kier alpha value is -3.53. The number of halogens is 4. The van der Waals surface area contributed by atoms with Gasteiger partial charge >= 0.3 is 6.18 Å². The molecule has 0 radical (unpaired) electrons. The van der Waals surface area contributed by atoms with Gasteiger partial charge in [-0.15, -0.1) is 11.3 Å². The summed E-state index contributed by atoms with van der Waals surface area (Å²) in [7, 11) is 0. The van der Waals surface area contributed by atoms with Gasteiger partial charge in [0.2, 0.25) is 5.91 Å². The molecule has 2 aliphatic rings. The number of nitriles is 1. The molecule has 7 nitrogen and oxygen atoms in total. The van der Waals surface area contributed by atoms with E-state index in [0.29, 0.717) is 35.8 Å². The van der Waals surface area contributed by atoms with E-state index in [2.05, 4.69) is 16.5 Å². The van der Waals surface area contributed by atoms with Gasteiger partial charge in [-0.1, -0.05) is 18.2 Å². The Kier molecular flexibility index (Phi) is 8.07. The fraction of sp³-hybridized carbons (Fsp3) is 0.393. The van der Waals surface area contributed by atoms with E-state index in [1.54, 1.807) is 30.0 Å². The lowest BCUT2D eigenvalue weighted by Crippen LogP contribution is -2.37. The van der Waals surface area contributed by atoms with Gasteiger partial charge in [0.15, 0.2) is 5.69 Å². The van der Waals surface area contributed by atoms with Crippen LogP contribution in [0.5, 0.6) is 0 Å². The van der Waals surface area contributed by atoms with Gasteiger partial charge in [0.05, 0.1) is 13.2 Å². The number of rotatable bonds is 7. The van der Waals surface area contributed by atoms with Crippen molar-refractivity contribution in [3.63, 3.8) is 0 Å². The second-order valence-corrected chi connectivity index (χ2v) is 10.8. The molecule has 1 fully saturated rings. The lowest BCUT2D eigenvalue weighted by atomic mass is 9.83. The van der Waals surface area contributed by atoms with Gasteiger partial charge in [-0.05, 0) is 36.6 Å². The van der Waals surface area contributed by atoms with Crippen molar-refractivity contribution in [2.24, 2.45) is 0 Å². The molecule has 12 heteroatoms. The highest BCUT2D eigenvalue weighted by molar-refractivity contribution is 7.12. The smallest absolute Gasteiger partial charge is 0.380 e. The lowest BCUT2D eigenvalue weighted by Gasteiger charge is -2.33. The van der Waals surface area contributed by atoms with Crippen LogP contribution in [0.15, 0.2) is 42.6 Å². The van der Waals surface area contributed by atoms with Crippen LogP contribution in [-0.4, -0.2) is 52.9 Å². The third kappa shape index (κ3) is 5.68. The fourth-order valence-corrected chi connectivity index (χ4v) is 6.23. The van der Waals surface area contributed by atoms with Crippen molar-refractivity contribution < 1.29 is 27.1 Å². The van der Waals surface area contributed by atoms with Crippen LogP contribution in [-0.2, 0) is 28.8 Å². The third-order valence-corrected chi connectivity index (χ3v) is 8.18. The van der Waals surface area contributed by atoms with Crippen LogP contribution in [0.25, 0.3) is 11.1 Å². The fourth-order valence-electron chi connectivity index (χ4n) is 5.19. The van der Waals surface area contributed by atoms with E-state index < -0.39 is 23.6 Å². The molecule has 0 saturated carbocycles. The van der Waals surface area contributed by atoms with Gasteiger partial charge in [0.25, 0.3) is 0 Å². The monoisotopic (exact) mass is 573 g/mol. The number of amides is 1. The Labute approximate surface area is 232 Å². The molecular weight excluding hydrogens is 546 g/mol. The number of nitrogens with zero attached hydrogens (tertiary/aromatic N) is 4. The number of aromatic nitrogens is 2. The van der Waals surface area contributed by atoms with Crippen molar-refractivity contribution in [2.45, 2.75) is 44.6 Å². The maximum atomic E-state index is 15.4. The number of ether oxygens (including phenoxy) is 1. The first-order valence-electron chi connectivity index (χ1n) is 12.9. The molecule has 2 aromatic heterocycles. The molecule has 2 atom stereocenters. The average molecular weight is 574 g/mol. The molecule has 1 amide bonds. The minimum absolute atomic E-state index is 0.112. The van der Waals surface area contributed by atoms with Gasteiger partial charge in [-0.25, -0.2) is 4.39 Å². The molecule has 3 aromatic rings. The SMILES string of the molecule is CCn1cc(-c2c(F)cccc2[C@@H]2CN(C(=O)/C=C/CN[C@@H]3CCOC3)Cc3sc(C#N)cc32)c(C(F)(F)F)n1. The second kappa shape index (κ2) is 11.5. The number of carbonyl (C=O) groups excluding carboxylic acids is 1. The molecule has 0 aliphatic carbocycles. The van der Waals surface area contributed by atoms with Crippen molar-refractivity contribution in [1.29, 1.82) is 5.26 Å². The number of thiophene rings is 1. The molecule has 2 aliphatic heterocycles. The number of carbonyl (C=O) groups is 1. The van der Waals surface area contributed by atoms with E-state index in [9.17, 15) is 23.2 Å². The van der Waals surface area contributed by atoms with Crippen molar-refractivity contribution >= 4 is 17.2 Å². The average Bonchev–Trinajstić information content (AvgIpc) is 3.69. The summed E-state index contributed by atoms with van der Waals surface area (Å²) < 4.78 is 63.9. The summed E-state index contributed by atoms with van der Waals surface area (Å²) in [6.07, 6.45) is 0.499. The molecule has 0 bridgehead atoms. The third-order valence-electron chi connectivity index (χ3n) is 7.14. The highest BCUT2D eigenvalue weighted by Gasteiger charge is 2.40. The molecule has 40 heavy (non-hydrogen) atoms. The standard InChI is InChI=1S/C28H27F4N5O2S/c1-2-37-14-22(27(35-37)28(30,31)32)26-19(5-3-6-23(26)29)21-13-36(15-24-20(21)11-18(12-33)40-24)25(38)7-4-9-34-17-8-10-39-16-17/h3-7,11,14,17,21,34H,2,8-10,13,15-16H2,1H3/b7-4+/t17-,21+/m1/s1. The zero-order chi connectivity index (χ0) is 28.4. The predicted octanol–water partition coefficient (Wildman–Crippen LogP) is 5.07. The van der Waals surface area contributed by atoms with E-state index in [4.69, 9.17) is 4.74 Å². The summed E-state index contributed by atoms with van der Waals surface area (Å²) >= 11 is 1.23. The van der Waals surface area contributed by atoms with Crippen LogP contribution in [0.1, 0.15) is 45.8 Å². The van der Waals surface area contributed by atoms with Crippen molar-refractivity contribution in [3.8, 4) is 17.2 Å². The molecule has 0 unspecified atom stereocenters.